The van der Waals surface area contributed by atoms with E-state index < -0.39 is 0 Å². The van der Waals surface area contributed by atoms with Gasteiger partial charge in [0, 0.05) is 38.3 Å². The highest BCUT2D eigenvalue weighted by molar-refractivity contribution is 14.0. The molecular formula is C20H32IN3O3. The summed E-state index contributed by atoms with van der Waals surface area (Å²) in [6, 6.07) is 8.37. The molecule has 27 heavy (non-hydrogen) atoms. The quantitative estimate of drug-likeness (QED) is 0.378. The minimum Gasteiger partial charge on any atom is -0.497 e. The summed E-state index contributed by atoms with van der Waals surface area (Å²) in [6.45, 7) is 6.66. The number of rotatable bonds is 5. The van der Waals surface area contributed by atoms with E-state index in [9.17, 15) is 5.11 Å². The Morgan fingerprint density at radius 3 is 2.59 bits per heavy atom. The van der Waals surface area contributed by atoms with Crippen LogP contribution in [-0.4, -0.2) is 68.6 Å². The molecule has 2 aliphatic rings. The molecule has 1 atom stereocenters. The molecule has 2 N–H and O–H groups in total. The van der Waals surface area contributed by atoms with Gasteiger partial charge in [0.05, 0.1) is 19.8 Å². The molecule has 2 aliphatic heterocycles. The van der Waals surface area contributed by atoms with E-state index >= 15 is 0 Å². The van der Waals surface area contributed by atoms with Crippen molar-refractivity contribution in [3.63, 3.8) is 0 Å². The number of methoxy groups -OCH3 is 1. The lowest BCUT2D eigenvalue weighted by atomic mass is 9.74. The lowest BCUT2D eigenvalue weighted by Crippen LogP contribution is -2.43. The minimum absolute atomic E-state index is 0. The number of nitrogens with one attached hydrogen (secondary N) is 1. The second kappa shape index (κ2) is 10.5. The smallest absolute Gasteiger partial charge is 0.194 e. The minimum atomic E-state index is -0.252. The lowest BCUT2D eigenvalue weighted by Gasteiger charge is -2.37. The van der Waals surface area contributed by atoms with Gasteiger partial charge in [-0.05, 0) is 43.9 Å². The fourth-order valence-corrected chi connectivity index (χ4v) is 3.83. The Kier molecular flexibility index (Phi) is 8.62. The molecule has 0 amide bonds. The summed E-state index contributed by atoms with van der Waals surface area (Å²) in [5.74, 6) is 1.78. The molecule has 1 aromatic rings. The van der Waals surface area contributed by atoms with Crippen molar-refractivity contribution < 1.29 is 14.6 Å². The number of aliphatic hydroxyl groups is 1. The molecule has 7 heteroatoms. The number of guanidine groups is 1. The maximum atomic E-state index is 9.86. The third kappa shape index (κ3) is 5.48. The third-order valence-electron chi connectivity index (χ3n) is 5.48. The van der Waals surface area contributed by atoms with E-state index in [0.717, 1.165) is 63.8 Å². The van der Waals surface area contributed by atoms with Crippen LogP contribution in [0.5, 0.6) is 5.75 Å². The second-order valence-corrected chi connectivity index (χ2v) is 7.18. The number of benzene rings is 1. The van der Waals surface area contributed by atoms with E-state index in [0.29, 0.717) is 6.54 Å². The summed E-state index contributed by atoms with van der Waals surface area (Å²) in [5, 5.41) is 13.2. The largest absolute Gasteiger partial charge is 0.497 e. The van der Waals surface area contributed by atoms with Crippen LogP contribution in [0.25, 0.3) is 0 Å². The average Bonchev–Trinajstić information content (AvgIpc) is 3.12. The van der Waals surface area contributed by atoms with Gasteiger partial charge >= 0.3 is 0 Å². The fourth-order valence-electron chi connectivity index (χ4n) is 3.83. The summed E-state index contributed by atoms with van der Waals surface area (Å²) >= 11 is 0. The highest BCUT2D eigenvalue weighted by atomic mass is 127. The molecule has 0 unspecified atom stereocenters. The van der Waals surface area contributed by atoms with Crippen LogP contribution in [0.15, 0.2) is 29.3 Å². The van der Waals surface area contributed by atoms with Crippen molar-refractivity contribution in [2.75, 3.05) is 46.5 Å². The van der Waals surface area contributed by atoms with Gasteiger partial charge in [-0.25, -0.2) is 0 Å². The third-order valence-corrected chi connectivity index (χ3v) is 5.48. The highest BCUT2D eigenvalue weighted by Crippen LogP contribution is 2.36. The molecule has 2 fully saturated rings. The first-order valence-corrected chi connectivity index (χ1v) is 9.60. The zero-order valence-corrected chi connectivity index (χ0v) is 18.6. The Bertz CT molecular complexity index is 603. The molecule has 3 rings (SSSR count). The maximum absolute atomic E-state index is 9.86. The first-order chi connectivity index (χ1) is 12.7. The fraction of sp³-hybridized carbons (Fsp3) is 0.650. The predicted octanol–water partition coefficient (Wildman–Crippen LogP) is 2.39. The van der Waals surface area contributed by atoms with Crippen molar-refractivity contribution in [3.05, 3.63) is 29.8 Å². The number of hydrogen-bond donors (Lipinski definition) is 2. The van der Waals surface area contributed by atoms with E-state index in [1.165, 1.54) is 5.56 Å². The number of likely N-dealkylation sites (tertiary alicyclic amines) is 1. The molecule has 2 heterocycles. The molecule has 0 radical (unpaired) electrons. The molecule has 0 aromatic heterocycles. The van der Waals surface area contributed by atoms with Gasteiger partial charge in [0.15, 0.2) is 5.96 Å². The number of hydrogen-bond acceptors (Lipinski definition) is 4. The Morgan fingerprint density at radius 2 is 2.04 bits per heavy atom. The van der Waals surface area contributed by atoms with Gasteiger partial charge < -0.3 is 24.8 Å². The Labute approximate surface area is 179 Å². The van der Waals surface area contributed by atoms with E-state index in [1.807, 2.05) is 12.1 Å². The number of aliphatic imine (C=N–C) groups is 1. The summed E-state index contributed by atoms with van der Waals surface area (Å²) in [4.78, 5) is 7.14. The van der Waals surface area contributed by atoms with Crippen LogP contribution in [0.4, 0.5) is 0 Å². The van der Waals surface area contributed by atoms with Crippen molar-refractivity contribution in [2.24, 2.45) is 4.99 Å². The summed E-state index contributed by atoms with van der Waals surface area (Å²) in [7, 11) is 1.69. The molecule has 0 spiro atoms. The van der Waals surface area contributed by atoms with Crippen LogP contribution in [0.2, 0.25) is 0 Å². The average molecular weight is 489 g/mol. The molecule has 0 bridgehead atoms. The zero-order chi connectivity index (χ0) is 18.4. The van der Waals surface area contributed by atoms with Crippen molar-refractivity contribution >= 4 is 29.9 Å². The van der Waals surface area contributed by atoms with Gasteiger partial charge in [-0.3, -0.25) is 4.99 Å². The van der Waals surface area contributed by atoms with Crippen molar-refractivity contribution in [1.29, 1.82) is 0 Å². The molecule has 0 saturated carbocycles. The Balaban J connectivity index is 0.00000261. The standard InChI is InChI=1S/C20H31N3O3.HI/c1-3-21-19(23-11-8-17(24)14-23)22-15-20(9-12-26-13-10-20)16-4-6-18(25-2)7-5-16;/h4-7,17,24H,3,8-15H2,1-2H3,(H,21,22);1H/t17-;/m1./s1. The number of aliphatic hydroxyl groups excluding tert-OH is 1. The van der Waals surface area contributed by atoms with Crippen molar-refractivity contribution in [2.45, 2.75) is 37.7 Å². The number of halogens is 1. The van der Waals surface area contributed by atoms with E-state index in [2.05, 4.69) is 29.3 Å². The number of ether oxygens (including phenoxy) is 2. The Morgan fingerprint density at radius 1 is 1.33 bits per heavy atom. The molecular weight excluding hydrogens is 457 g/mol. The van der Waals surface area contributed by atoms with E-state index in [-0.39, 0.29) is 35.5 Å². The van der Waals surface area contributed by atoms with Crippen LogP contribution in [0, 0.1) is 0 Å². The van der Waals surface area contributed by atoms with Gasteiger partial charge in [-0.2, -0.15) is 0 Å². The van der Waals surface area contributed by atoms with Gasteiger partial charge in [0.2, 0.25) is 0 Å². The zero-order valence-electron chi connectivity index (χ0n) is 16.3. The highest BCUT2D eigenvalue weighted by Gasteiger charge is 2.35. The van der Waals surface area contributed by atoms with Crippen LogP contribution < -0.4 is 10.1 Å². The topological polar surface area (TPSA) is 66.3 Å². The SMILES string of the molecule is CCNC(=NCC1(c2ccc(OC)cc2)CCOCC1)N1CC[C@@H](O)C1.I. The van der Waals surface area contributed by atoms with Crippen LogP contribution in [0.3, 0.4) is 0 Å². The first-order valence-electron chi connectivity index (χ1n) is 9.60. The van der Waals surface area contributed by atoms with Crippen molar-refractivity contribution in [3.8, 4) is 5.75 Å². The molecule has 152 valence electrons. The van der Waals surface area contributed by atoms with Crippen LogP contribution >= 0.6 is 24.0 Å². The lowest BCUT2D eigenvalue weighted by molar-refractivity contribution is 0.0530. The number of β-amino-alcohol motifs (C(OH)–C–C–N with tert-alkyl or cyclic N) is 1. The molecule has 1 aromatic carbocycles. The van der Waals surface area contributed by atoms with Gasteiger partial charge in [-0.1, -0.05) is 12.1 Å². The molecule has 6 nitrogen and oxygen atoms in total. The summed E-state index contributed by atoms with van der Waals surface area (Å²) in [6.07, 6.45) is 2.48. The predicted molar refractivity (Wildman–Crippen MR) is 118 cm³/mol. The summed E-state index contributed by atoms with van der Waals surface area (Å²) in [5.41, 5.74) is 1.28. The first kappa shape index (κ1) is 22.2. The normalized spacial score (nSPS) is 22.3. The molecule has 2 saturated heterocycles. The monoisotopic (exact) mass is 489 g/mol. The van der Waals surface area contributed by atoms with E-state index in [1.54, 1.807) is 7.11 Å². The molecule has 0 aliphatic carbocycles. The van der Waals surface area contributed by atoms with Crippen molar-refractivity contribution in [1.82, 2.24) is 10.2 Å². The number of nitrogens with zero attached hydrogens (tertiary/aromatic N) is 2. The van der Waals surface area contributed by atoms with Crippen LogP contribution in [-0.2, 0) is 10.2 Å². The van der Waals surface area contributed by atoms with Gasteiger partial charge in [-0.15, -0.1) is 24.0 Å². The Hall–Kier alpha value is -1.06. The van der Waals surface area contributed by atoms with Gasteiger partial charge in [0.25, 0.3) is 0 Å². The second-order valence-electron chi connectivity index (χ2n) is 7.18. The maximum Gasteiger partial charge on any atom is 0.194 e. The summed E-state index contributed by atoms with van der Waals surface area (Å²) < 4.78 is 10.9. The van der Waals surface area contributed by atoms with Crippen LogP contribution in [0.1, 0.15) is 31.7 Å². The van der Waals surface area contributed by atoms with E-state index in [4.69, 9.17) is 14.5 Å². The van der Waals surface area contributed by atoms with Gasteiger partial charge in [0.1, 0.15) is 5.75 Å².